The van der Waals surface area contributed by atoms with Gasteiger partial charge in [0, 0.05) is 49.4 Å². The number of nitrogens with one attached hydrogen (secondary N) is 2. The zero-order chi connectivity index (χ0) is 30.1. The second-order valence-electron chi connectivity index (χ2n) is 9.94. The number of rotatable bonds is 12. The van der Waals surface area contributed by atoms with Crippen molar-refractivity contribution in [2.45, 2.75) is 32.4 Å². The number of benzene rings is 2. The van der Waals surface area contributed by atoms with Crippen molar-refractivity contribution in [2.75, 3.05) is 47.8 Å². The summed E-state index contributed by atoms with van der Waals surface area (Å²) in [5.41, 5.74) is 2.22. The molecule has 2 aromatic carbocycles. The predicted octanol–water partition coefficient (Wildman–Crippen LogP) is 3.33. The Balaban J connectivity index is 1.67. The first-order valence-corrected chi connectivity index (χ1v) is 13.7. The molecule has 1 heterocycles. The van der Waals surface area contributed by atoms with Gasteiger partial charge in [-0.05, 0) is 49.7 Å². The first-order chi connectivity index (χ1) is 19.5. The summed E-state index contributed by atoms with van der Waals surface area (Å²) >= 11 is 6.13. The lowest BCUT2D eigenvalue weighted by Gasteiger charge is -2.36. The molecular formula is C30H36ClN5O5. The number of amides is 3. The number of carbonyl (C=O) groups is 4. The Kier molecular flexibility index (Phi) is 11.1. The molecule has 0 bridgehead atoms. The molecule has 3 rings (SSSR count). The van der Waals surface area contributed by atoms with Crippen molar-refractivity contribution in [2.24, 2.45) is 0 Å². The Hall–Kier alpha value is -4.15. The Labute approximate surface area is 245 Å². The molecule has 218 valence electrons. The van der Waals surface area contributed by atoms with Crippen LogP contribution in [0, 0.1) is 0 Å². The number of anilines is 3. The average molecular weight is 582 g/mol. The van der Waals surface area contributed by atoms with Gasteiger partial charge in [-0.25, -0.2) is 4.79 Å². The van der Waals surface area contributed by atoms with Crippen LogP contribution in [0.2, 0.25) is 5.02 Å². The van der Waals surface area contributed by atoms with Crippen LogP contribution in [-0.4, -0.2) is 78.5 Å². The first kappa shape index (κ1) is 31.4. The Morgan fingerprint density at radius 1 is 1.05 bits per heavy atom. The number of carboxylic acid groups (broad SMARTS) is 1. The van der Waals surface area contributed by atoms with E-state index in [2.05, 4.69) is 42.5 Å². The van der Waals surface area contributed by atoms with Gasteiger partial charge in [-0.1, -0.05) is 35.9 Å². The highest BCUT2D eigenvalue weighted by molar-refractivity contribution is 6.40. The molecule has 1 saturated heterocycles. The Morgan fingerprint density at radius 2 is 1.71 bits per heavy atom. The smallest absolute Gasteiger partial charge is 0.326 e. The molecule has 0 saturated carbocycles. The highest BCUT2D eigenvalue weighted by Crippen LogP contribution is 2.29. The Bertz CT molecular complexity index is 1290. The second kappa shape index (κ2) is 14.5. The molecule has 2 aromatic rings. The van der Waals surface area contributed by atoms with Crippen LogP contribution in [0.3, 0.4) is 0 Å². The quantitative estimate of drug-likeness (QED) is 0.260. The van der Waals surface area contributed by atoms with Crippen LogP contribution in [0.4, 0.5) is 17.1 Å². The Morgan fingerprint density at radius 3 is 2.27 bits per heavy atom. The largest absolute Gasteiger partial charge is 0.480 e. The normalized spacial score (nSPS) is 14.3. The molecule has 1 aliphatic heterocycles. The molecule has 41 heavy (non-hydrogen) atoms. The molecule has 3 amide bonds. The van der Waals surface area contributed by atoms with Crippen molar-refractivity contribution < 1.29 is 24.3 Å². The number of hydrogen-bond donors (Lipinski definition) is 3. The predicted molar refractivity (Wildman–Crippen MR) is 161 cm³/mol. The maximum atomic E-state index is 12.8. The number of aliphatic carboxylic acids is 1. The van der Waals surface area contributed by atoms with Gasteiger partial charge in [0.15, 0.2) is 0 Å². The third kappa shape index (κ3) is 8.42. The van der Waals surface area contributed by atoms with Crippen molar-refractivity contribution in [1.29, 1.82) is 0 Å². The monoisotopic (exact) mass is 581 g/mol. The topological polar surface area (TPSA) is 122 Å². The van der Waals surface area contributed by atoms with Gasteiger partial charge >= 0.3 is 17.8 Å². The first-order valence-electron chi connectivity index (χ1n) is 13.3. The zero-order valence-electron chi connectivity index (χ0n) is 23.3. The third-order valence-electron chi connectivity index (χ3n) is 6.72. The molecule has 1 aliphatic rings. The number of hydrogen-bond acceptors (Lipinski definition) is 6. The molecule has 11 heteroatoms. The molecule has 10 nitrogen and oxygen atoms in total. The van der Waals surface area contributed by atoms with E-state index in [1.165, 1.54) is 6.07 Å². The van der Waals surface area contributed by atoms with Crippen molar-refractivity contribution in [1.82, 2.24) is 10.2 Å². The molecule has 0 aromatic heterocycles. The van der Waals surface area contributed by atoms with E-state index in [9.17, 15) is 24.3 Å². The number of nitrogens with zero attached hydrogens (tertiary/aromatic N) is 3. The SMILES string of the molecule is C=CCN(CC=C)c1ccc(Cl)cc1NC(=O)C(=O)NC(Cc1ccc(N2CCN(C(C)C)CC2=O)cc1)C(=O)O. The number of piperazine rings is 1. The maximum Gasteiger partial charge on any atom is 0.326 e. The summed E-state index contributed by atoms with van der Waals surface area (Å²) in [6, 6.07) is 10.7. The highest BCUT2D eigenvalue weighted by Gasteiger charge is 2.28. The summed E-state index contributed by atoms with van der Waals surface area (Å²) in [6.45, 7) is 14.1. The summed E-state index contributed by atoms with van der Waals surface area (Å²) in [7, 11) is 0. The second-order valence-corrected chi connectivity index (χ2v) is 10.4. The molecule has 1 atom stereocenters. The molecule has 0 radical (unpaired) electrons. The summed E-state index contributed by atoms with van der Waals surface area (Å²) in [5, 5.41) is 14.9. The molecule has 3 N–H and O–H groups in total. The lowest BCUT2D eigenvalue weighted by atomic mass is 10.0. The van der Waals surface area contributed by atoms with Crippen molar-refractivity contribution in [3.63, 3.8) is 0 Å². The summed E-state index contributed by atoms with van der Waals surface area (Å²) in [6.07, 6.45) is 3.31. The van der Waals surface area contributed by atoms with Crippen LogP contribution in [-0.2, 0) is 25.6 Å². The van der Waals surface area contributed by atoms with E-state index >= 15 is 0 Å². The van der Waals surface area contributed by atoms with E-state index in [0.717, 1.165) is 12.2 Å². The number of carbonyl (C=O) groups excluding carboxylic acids is 3. The van der Waals surface area contributed by atoms with Crippen LogP contribution >= 0.6 is 11.6 Å². The van der Waals surface area contributed by atoms with Crippen molar-refractivity contribution >= 4 is 52.4 Å². The minimum atomic E-state index is -1.35. The van der Waals surface area contributed by atoms with Crippen molar-refractivity contribution in [3.05, 3.63) is 78.4 Å². The van der Waals surface area contributed by atoms with Gasteiger partial charge in [-0.2, -0.15) is 0 Å². The van der Waals surface area contributed by atoms with Crippen LogP contribution in [0.15, 0.2) is 67.8 Å². The zero-order valence-corrected chi connectivity index (χ0v) is 24.1. The fourth-order valence-corrected chi connectivity index (χ4v) is 4.69. The molecule has 1 fully saturated rings. The van der Waals surface area contributed by atoms with E-state index in [1.807, 2.05) is 4.90 Å². The van der Waals surface area contributed by atoms with Crippen LogP contribution < -0.4 is 20.4 Å². The fraction of sp³-hybridized carbons (Fsp3) is 0.333. The summed E-state index contributed by atoms with van der Waals surface area (Å²) in [4.78, 5) is 55.8. The van der Waals surface area contributed by atoms with E-state index in [0.29, 0.717) is 42.5 Å². The van der Waals surface area contributed by atoms with Gasteiger partial charge in [0.1, 0.15) is 6.04 Å². The highest BCUT2D eigenvalue weighted by atomic mass is 35.5. The maximum absolute atomic E-state index is 12.8. The minimum Gasteiger partial charge on any atom is -0.480 e. The number of carboxylic acids is 1. The molecule has 1 unspecified atom stereocenters. The molecule has 0 aliphatic carbocycles. The molecule has 0 spiro atoms. The summed E-state index contributed by atoms with van der Waals surface area (Å²) < 4.78 is 0. The van der Waals surface area contributed by atoms with Gasteiger partial charge in [0.05, 0.1) is 17.9 Å². The molecular weight excluding hydrogens is 546 g/mol. The van der Waals surface area contributed by atoms with Gasteiger partial charge in [-0.3, -0.25) is 19.3 Å². The summed E-state index contributed by atoms with van der Waals surface area (Å²) in [5.74, 6) is -3.43. The third-order valence-corrected chi connectivity index (χ3v) is 6.96. The van der Waals surface area contributed by atoms with Gasteiger partial charge in [0.25, 0.3) is 0 Å². The van der Waals surface area contributed by atoms with Gasteiger partial charge in [-0.15, -0.1) is 13.2 Å². The van der Waals surface area contributed by atoms with E-state index in [4.69, 9.17) is 11.6 Å². The van der Waals surface area contributed by atoms with Crippen LogP contribution in [0.1, 0.15) is 19.4 Å². The van der Waals surface area contributed by atoms with Gasteiger partial charge in [0.2, 0.25) is 5.91 Å². The van der Waals surface area contributed by atoms with Crippen LogP contribution in [0.5, 0.6) is 0 Å². The van der Waals surface area contributed by atoms with Crippen molar-refractivity contribution in [3.8, 4) is 0 Å². The standard InChI is InChI=1S/C30H36ClN5O5/c1-5-13-34(14-6-2)26-12-9-22(31)18-24(26)32-28(38)29(39)33-25(30(40)41)17-21-7-10-23(11-8-21)36-16-15-35(20(3)4)19-27(36)37/h5-12,18,20,25H,1-2,13-17,19H2,3-4H3,(H,32,38)(H,33,39)(H,40,41). The van der Waals surface area contributed by atoms with E-state index < -0.39 is 23.8 Å². The minimum absolute atomic E-state index is 0.000598. The lowest BCUT2D eigenvalue weighted by Crippen LogP contribution is -2.52. The lowest BCUT2D eigenvalue weighted by molar-refractivity contribution is -0.143. The van der Waals surface area contributed by atoms with Gasteiger partial charge < -0.3 is 25.5 Å². The number of halogens is 1. The fourth-order valence-electron chi connectivity index (χ4n) is 4.52. The average Bonchev–Trinajstić information content (AvgIpc) is 2.93. The van der Waals surface area contributed by atoms with E-state index in [-0.39, 0.29) is 24.1 Å². The van der Waals surface area contributed by atoms with E-state index in [1.54, 1.807) is 53.5 Å². The van der Waals surface area contributed by atoms with Crippen LogP contribution in [0.25, 0.3) is 0 Å².